The first-order valence-corrected chi connectivity index (χ1v) is 6.24. The number of nitrogens with zero attached hydrogens (tertiary/aromatic N) is 2. The molecule has 5 heteroatoms. The standard InChI is InChI=1S/C14H16N4O/c1-19-13-7-12(16-8-17-13)18-14-10-5-3-2-4-9(10)6-11(14)15/h2-5,7-8,11,14H,6,15H2,1H3,(H,16,17,18). The van der Waals surface area contributed by atoms with Gasteiger partial charge in [-0.25, -0.2) is 9.97 Å². The van der Waals surface area contributed by atoms with Crippen molar-refractivity contribution in [3.63, 3.8) is 0 Å². The lowest BCUT2D eigenvalue weighted by Crippen LogP contribution is -2.30. The summed E-state index contributed by atoms with van der Waals surface area (Å²) in [5.74, 6) is 1.27. The fourth-order valence-electron chi connectivity index (χ4n) is 2.50. The number of hydrogen-bond acceptors (Lipinski definition) is 5. The van der Waals surface area contributed by atoms with Crippen LogP contribution in [0.25, 0.3) is 0 Å². The molecule has 2 unspecified atom stereocenters. The van der Waals surface area contributed by atoms with Crippen LogP contribution in [0.3, 0.4) is 0 Å². The summed E-state index contributed by atoms with van der Waals surface area (Å²) in [5.41, 5.74) is 8.75. The minimum Gasteiger partial charge on any atom is -0.481 e. The molecule has 0 saturated heterocycles. The van der Waals surface area contributed by atoms with E-state index >= 15 is 0 Å². The molecule has 1 heterocycles. The highest BCUT2D eigenvalue weighted by atomic mass is 16.5. The summed E-state index contributed by atoms with van der Waals surface area (Å²) in [5, 5.41) is 3.37. The van der Waals surface area contributed by atoms with Gasteiger partial charge in [0.1, 0.15) is 12.1 Å². The molecular weight excluding hydrogens is 240 g/mol. The molecule has 1 aromatic carbocycles. The number of nitrogens with one attached hydrogen (secondary N) is 1. The van der Waals surface area contributed by atoms with Crippen molar-refractivity contribution in [3.8, 4) is 5.88 Å². The van der Waals surface area contributed by atoms with Crippen LogP contribution in [0, 0.1) is 0 Å². The van der Waals surface area contributed by atoms with Gasteiger partial charge in [0, 0.05) is 12.1 Å². The van der Waals surface area contributed by atoms with Crippen molar-refractivity contribution in [3.05, 3.63) is 47.8 Å². The van der Waals surface area contributed by atoms with Gasteiger partial charge in [-0.3, -0.25) is 0 Å². The summed E-state index contributed by atoms with van der Waals surface area (Å²) in [4.78, 5) is 8.19. The fourth-order valence-corrected chi connectivity index (χ4v) is 2.50. The third kappa shape index (κ3) is 2.24. The average Bonchev–Trinajstić information content (AvgIpc) is 2.76. The molecule has 0 aliphatic heterocycles. The van der Waals surface area contributed by atoms with Crippen molar-refractivity contribution in [1.29, 1.82) is 0 Å². The van der Waals surface area contributed by atoms with Crippen LogP contribution in [-0.2, 0) is 6.42 Å². The second-order valence-electron chi connectivity index (χ2n) is 4.63. The van der Waals surface area contributed by atoms with Gasteiger partial charge in [-0.2, -0.15) is 0 Å². The Morgan fingerprint density at radius 3 is 3.00 bits per heavy atom. The van der Waals surface area contributed by atoms with Crippen LogP contribution >= 0.6 is 0 Å². The molecule has 1 aliphatic rings. The van der Waals surface area contributed by atoms with Crippen LogP contribution < -0.4 is 15.8 Å². The highest BCUT2D eigenvalue weighted by Crippen LogP contribution is 2.32. The van der Waals surface area contributed by atoms with Crippen LogP contribution in [0.15, 0.2) is 36.7 Å². The first-order valence-electron chi connectivity index (χ1n) is 6.24. The minimum atomic E-state index is 0.0540. The third-order valence-electron chi connectivity index (χ3n) is 3.43. The van der Waals surface area contributed by atoms with Crippen molar-refractivity contribution in [2.45, 2.75) is 18.5 Å². The minimum absolute atomic E-state index is 0.0540. The second kappa shape index (κ2) is 4.85. The van der Waals surface area contributed by atoms with E-state index in [9.17, 15) is 0 Å². The van der Waals surface area contributed by atoms with E-state index in [4.69, 9.17) is 10.5 Å². The Morgan fingerprint density at radius 1 is 1.32 bits per heavy atom. The zero-order valence-electron chi connectivity index (χ0n) is 10.7. The molecular formula is C14H16N4O. The number of benzene rings is 1. The molecule has 19 heavy (non-hydrogen) atoms. The van der Waals surface area contributed by atoms with Crippen molar-refractivity contribution in [2.75, 3.05) is 12.4 Å². The van der Waals surface area contributed by atoms with Gasteiger partial charge in [0.15, 0.2) is 0 Å². The third-order valence-corrected chi connectivity index (χ3v) is 3.43. The zero-order valence-corrected chi connectivity index (χ0v) is 10.7. The Bertz CT molecular complexity index is 587. The molecule has 0 radical (unpaired) electrons. The zero-order chi connectivity index (χ0) is 13.2. The number of anilines is 1. The van der Waals surface area contributed by atoms with Crippen molar-refractivity contribution in [2.24, 2.45) is 5.73 Å². The SMILES string of the molecule is COc1cc(NC2c3ccccc3CC2N)ncn1. The largest absolute Gasteiger partial charge is 0.481 e. The summed E-state index contributed by atoms with van der Waals surface area (Å²) in [7, 11) is 1.59. The molecule has 2 atom stereocenters. The summed E-state index contributed by atoms with van der Waals surface area (Å²) >= 11 is 0. The molecule has 0 saturated carbocycles. The maximum absolute atomic E-state index is 6.21. The molecule has 3 rings (SSSR count). The van der Waals surface area contributed by atoms with Gasteiger partial charge in [-0.05, 0) is 17.5 Å². The Balaban J connectivity index is 1.87. The van der Waals surface area contributed by atoms with E-state index in [2.05, 4.69) is 27.4 Å². The summed E-state index contributed by atoms with van der Waals surface area (Å²) in [6.07, 6.45) is 2.36. The van der Waals surface area contributed by atoms with Crippen LogP contribution in [0.1, 0.15) is 17.2 Å². The van der Waals surface area contributed by atoms with Gasteiger partial charge >= 0.3 is 0 Å². The van der Waals surface area contributed by atoms with E-state index < -0.39 is 0 Å². The van der Waals surface area contributed by atoms with Crippen LogP contribution in [0.5, 0.6) is 5.88 Å². The van der Waals surface area contributed by atoms with Crippen LogP contribution in [0.4, 0.5) is 5.82 Å². The molecule has 0 amide bonds. The number of nitrogens with two attached hydrogens (primary N) is 1. The Hall–Kier alpha value is -2.14. The topological polar surface area (TPSA) is 73.1 Å². The molecule has 2 aromatic rings. The number of hydrogen-bond donors (Lipinski definition) is 2. The van der Waals surface area contributed by atoms with Crippen molar-refractivity contribution in [1.82, 2.24) is 9.97 Å². The predicted molar refractivity (Wildman–Crippen MR) is 73.1 cm³/mol. The maximum atomic E-state index is 6.21. The Labute approximate surface area is 111 Å². The van der Waals surface area contributed by atoms with E-state index in [0.717, 1.165) is 12.2 Å². The van der Waals surface area contributed by atoms with Crippen molar-refractivity contribution < 1.29 is 4.74 Å². The molecule has 0 bridgehead atoms. The van der Waals surface area contributed by atoms with Crippen LogP contribution in [-0.4, -0.2) is 23.1 Å². The highest BCUT2D eigenvalue weighted by Gasteiger charge is 2.29. The van der Waals surface area contributed by atoms with Gasteiger partial charge in [-0.1, -0.05) is 24.3 Å². The normalized spacial score (nSPS) is 20.9. The van der Waals surface area contributed by atoms with Gasteiger partial charge in [0.2, 0.25) is 5.88 Å². The number of aromatic nitrogens is 2. The van der Waals surface area contributed by atoms with Gasteiger partial charge in [0.25, 0.3) is 0 Å². The lowest BCUT2D eigenvalue weighted by molar-refractivity contribution is 0.397. The van der Waals surface area contributed by atoms with Crippen LogP contribution in [0.2, 0.25) is 0 Å². The molecule has 0 fully saturated rings. The Morgan fingerprint density at radius 2 is 2.16 bits per heavy atom. The summed E-state index contributed by atoms with van der Waals surface area (Å²) in [6, 6.07) is 10.2. The molecule has 3 N–H and O–H groups in total. The van der Waals surface area contributed by atoms with E-state index in [1.807, 2.05) is 12.1 Å². The number of methoxy groups -OCH3 is 1. The summed E-state index contributed by atoms with van der Waals surface area (Å²) in [6.45, 7) is 0. The lowest BCUT2D eigenvalue weighted by atomic mass is 10.1. The highest BCUT2D eigenvalue weighted by molar-refractivity contribution is 5.46. The molecule has 1 aliphatic carbocycles. The van der Waals surface area contributed by atoms with Gasteiger partial charge < -0.3 is 15.8 Å². The first-order chi connectivity index (χ1) is 9.28. The van der Waals surface area contributed by atoms with Crippen molar-refractivity contribution >= 4 is 5.82 Å². The fraction of sp³-hybridized carbons (Fsp3) is 0.286. The monoisotopic (exact) mass is 256 g/mol. The molecule has 98 valence electrons. The van der Waals surface area contributed by atoms with Gasteiger partial charge in [-0.15, -0.1) is 0 Å². The second-order valence-corrected chi connectivity index (χ2v) is 4.63. The van der Waals surface area contributed by atoms with E-state index in [-0.39, 0.29) is 12.1 Å². The van der Waals surface area contributed by atoms with E-state index in [0.29, 0.717) is 5.88 Å². The molecule has 0 spiro atoms. The predicted octanol–water partition coefficient (Wildman–Crippen LogP) is 1.52. The Kier molecular flexibility index (Phi) is 3.05. The average molecular weight is 256 g/mol. The number of fused-ring (bicyclic) bond motifs is 1. The van der Waals surface area contributed by atoms with E-state index in [1.54, 1.807) is 13.2 Å². The number of rotatable bonds is 3. The van der Waals surface area contributed by atoms with E-state index in [1.165, 1.54) is 17.5 Å². The quantitative estimate of drug-likeness (QED) is 0.871. The maximum Gasteiger partial charge on any atom is 0.218 e. The van der Waals surface area contributed by atoms with Gasteiger partial charge in [0.05, 0.1) is 13.2 Å². The smallest absolute Gasteiger partial charge is 0.218 e. The summed E-state index contributed by atoms with van der Waals surface area (Å²) < 4.78 is 5.09. The number of ether oxygens (including phenoxy) is 1. The first kappa shape index (κ1) is 11.9. The molecule has 5 nitrogen and oxygen atoms in total. The lowest BCUT2D eigenvalue weighted by Gasteiger charge is -2.19. The molecule has 1 aromatic heterocycles.